The smallest absolute Gasteiger partial charge is 0.128 e. The van der Waals surface area contributed by atoms with Gasteiger partial charge in [0, 0.05) is 13.1 Å². The molecule has 1 fully saturated rings. The van der Waals surface area contributed by atoms with Gasteiger partial charge in [-0.15, -0.1) is 0 Å². The minimum Gasteiger partial charge on any atom is -0.357 e. The second-order valence-corrected chi connectivity index (χ2v) is 9.63. The van der Waals surface area contributed by atoms with Crippen LogP contribution in [0.15, 0.2) is 48.0 Å². The van der Waals surface area contributed by atoms with Gasteiger partial charge in [0.2, 0.25) is 0 Å². The normalized spacial score (nSPS) is 16.4. The predicted octanol–water partition coefficient (Wildman–Crippen LogP) is 6.83. The van der Waals surface area contributed by atoms with Crippen molar-refractivity contribution < 1.29 is 0 Å². The van der Waals surface area contributed by atoms with Gasteiger partial charge in [-0.2, -0.15) is 0 Å². The van der Waals surface area contributed by atoms with Crippen molar-refractivity contribution in [3.8, 4) is 0 Å². The fourth-order valence-electron chi connectivity index (χ4n) is 3.46. The quantitative estimate of drug-likeness (QED) is 0.398. The van der Waals surface area contributed by atoms with Gasteiger partial charge in [-0.3, -0.25) is 0 Å². The molecule has 1 aromatic carbocycles. The largest absolute Gasteiger partial charge is 0.357 e. The van der Waals surface area contributed by atoms with E-state index in [1.165, 1.54) is 31.2 Å². The summed E-state index contributed by atoms with van der Waals surface area (Å²) in [7, 11) is 0. The minimum atomic E-state index is 0.183. The lowest BCUT2D eigenvalue weighted by Gasteiger charge is -2.29. The Morgan fingerprint density at radius 1 is 1.04 bits per heavy atom. The fourth-order valence-corrected chi connectivity index (χ4v) is 3.46. The molecule has 1 aromatic rings. The number of nitrogens with zero attached hydrogens (tertiary/aromatic N) is 2. The van der Waals surface area contributed by atoms with E-state index in [-0.39, 0.29) is 5.41 Å². The van der Waals surface area contributed by atoms with E-state index in [4.69, 9.17) is 4.99 Å². The van der Waals surface area contributed by atoms with Gasteiger partial charge in [0.25, 0.3) is 0 Å². The average molecular weight is 367 g/mol. The van der Waals surface area contributed by atoms with Crippen LogP contribution in [0.3, 0.4) is 0 Å². The Hall–Kier alpha value is -1.83. The van der Waals surface area contributed by atoms with Crippen LogP contribution in [-0.2, 0) is 5.41 Å². The molecule has 0 bridgehead atoms. The first kappa shape index (κ1) is 21.5. The van der Waals surface area contributed by atoms with Crippen LogP contribution in [0.5, 0.6) is 0 Å². The summed E-state index contributed by atoms with van der Waals surface area (Å²) >= 11 is 0. The summed E-state index contributed by atoms with van der Waals surface area (Å²) in [5.74, 6) is 1.04. The molecular weight excluding hydrogens is 328 g/mol. The molecule has 1 saturated heterocycles. The molecule has 2 heteroatoms. The van der Waals surface area contributed by atoms with E-state index in [0.717, 1.165) is 30.2 Å². The van der Waals surface area contributed by atoms with Crippen molar-refractivity contribution in [2.45, 2.75) is 72.6 Å². The zero-order valence-corrected chi connectivity index (χ0v) is 18.3. The summed E-state index contributed by atoms with van der Waals surface area (Å²) in [6.45, 7) is 20.1. The Bertz CT molecular complexity index is 678. The third kappa shape index (κ3) is 6.37. The van der Waals surface area contributed by atoms with Gasteiger partial charge in [-0.05, 0) is 60.6 Å². The molecule has 0 aliphatic carbocycles. The van der Waals surface area contributed by atoms with Crippen LogP contribution in [0.2, 0.25) is 0 Å². The molecular formula is C25H38N2. The molecule has 148 valence electrons. The van der Waals surface area contributed by atoms with Crippen molar-refractivity contribution in [1.29, 1.82) is 0 Å². The SMILES string of the molecule is C=C(N=C(/C=C\C)N1CCCC1)c1ccc(C(C)(C)CCC(C)(C)C)cc1. The van der Waals surface area contributed by atoms with Crippen molar-refractivity contribution in [1.82, 2.24) is 4.90 Å². The van der Waals surface area contributed by atoms with Crippen LogP contribution in [0.4, 0.5) is 0 Å². The van der Waals surface area contributed by atoms with Gasteiger partial charge < -0.3 is 4.90 Å². The topological polar surface area (TPSA) is 15.6 Å². The molecule has 0 saturated carbocycles. The van der Waals surface area contributed by atoms with Gasteiger partial charge in [-0.1, -0.05) is 71.5 Å². The van der Waals surface area contributed by atoms with E-state index in [9.17, 15) is 0 Å². The lowest BCUT2D eigenvalue weighted by atomic mass is 9.76. The molecule has 0 N–H and O–H groups in total. The molecule has 0 radical (unpaired) electrons. The lowest BCUT2D eigenvalue weighted by Crippen LogP contribution is -2.26. The summed E-state index contributed by atoms with van der Waals surface area (Å²) in [6.07, 6.45) is 9.07. The maximum atomic E-state index is 4.84. The van der Waals surface area contributed by atoms with Crippen LogP contribution in [-0.4, -0.2) is 23.8 Å². The number of rotatable bonds is 6. The molecule has 0 atom stereocenters. The molecule has 1 aliphatic rings. The Morgan fingerprint density at radius 3 is 2.15 bits per heavy atom. The van der Waals surface area contributed by atoms with Crippen LogP contribution in [0.25, 0.3) is 5.70 Å². The third-order valence-electron chi connectivity index (χ3n) is 5.49. The first-order valence-corrected chi connectivity index (χ1v) is 10.4. The van der Waals surface area contributed by atoms with Gasteiger partial charge in [-0.25, -0.2) is 4.99 Å². The van der Waals surface area contributed by atoms with Crippen molar-refractivity contribution >= 4 is 11.5 Å². The number of likely N-dealkylation sites (tertiary alicyclic amines) is 1. The first-order valence-electron chi connectivity index (χ1n) is 10.4. The number of hydrogen-bond donors (Lipinski definition) is 0. The second-order valence-electron chi connectivity index (χ2n) is 9.63. The van der Waals surface area contributed by atoms with Crippen molar-refractivity contribution in [3.63, 3.8) is 0 Å². The van der Waals surface area contributed by atoms with Crippen molar-refractivity contribution in [2.24, 2.45) is 10.4 Å². The van der Waals surface area contributed by atoms with Crippen LogP contribution < -0.4 is 0 Å². The Balaban J connectivity index is 2.13. The van der Waals surface area contributed by atoms with Crippen LogP contribution >= 0.6 is 0 Å². The molecule has 0 amide bonds. The standard InChI is InChI=1S/C25H38N2/c1-8-11-23(27-18-9-10-19-27)26-20(2)21-12-14-22(15-13-21)25(6,7)17-16-24(3,4)5/h8,11-15H,2,9-10,16-19H2,1,3-7H3/b11-8-,26-23?. The molecule has 2 nitrogen and oxygen atoms in total. The minimum absolute atomic E-state index is 0.183. The monoisotopic (exact) mass is 366 g/mol. The summed E-state index contributed by atoms with van der Waals surface area (Å²) in [4.78, 5) is 7.20. The zero-order chi connectivity index (χ0) is 20.1. The van der Waals surface area contributed by atoms with Gasteiger partial charge in [0.05, 0.1) is 5.70 Å². The van der Waals surface area contributed by atoms with Crippen molar-refractivity contribution in [3.05, 3.63) is 54.1 Å². The van der Waals surface area contributed by atoms with E-state index in [1.54, 1.807) is 0 Å². The predicted molar refractivity (Wildman–Crippen MR) is 120 cm³/mol. The summed E-state index contributed by atoms with van der Waals surface area (Å²) in [6, 6.07) is 8.86. The fraction of sp³-hybridized carbons (Fsp3) is 0.560. The highest BCUT2D eigenvalue weighted by atomic mass is 15.2. The van der Waals surface area contributed by atoms with Gasteiger partial charge >= 0.3 is 0 Å². The average Bonchev–Trinajstić information content (AvgIpc) is 3.14. The van der Waals surface area contributed by atoms with E-state index >= 15 is 0 Å². The van der Waals surface area contributed by atoms with Gasteiger partial charge in [0.1, 0.15) is 5.84 Å². The molecule has 0 unspecified atom stereocenters. The Labute approximate surface area is 167 Å². The maximum Gasteiger partial charge on any atom is 0.128 e. The highest BCUT2D eigenvalue weighted by Gasteiger charge is 2.23. The third-order valence-corrected chi connectivity index (χ3v) is 5.49. The van der Waals surface area contributed by atoms with E-state index in [1.807, 2.05) is 6.92 Å². The van der Waals surface area contributed by atoms with E-state index in [2.05, 4.69) is 82.5 Å². The highest BCUT2D eigenvalue weighted by Crippen LogP contribution is 2.34. The first-order chi connectivity index (χ1) is 12.6. The Morgan fingerprint density at radius 2 is 1.63 bits per heavy atom. The molecule has 0 spiro atoms. The molecule has 1 heterocycles. The summed E-state index contributed by atoms with van der Waals surface area (Å²) < 4.78 is 0. The molecule has 0 aromatic heterocycles. The Kier molecular flexibility index (Phi) is 7.08. The second kappa shape index (κ2) is 8.91. The summed E-state index contributed by atoms with van der Waals surface area (Å²) in [5.41, 5.74) is 3.89. The van der Waals surface area contributed by atoms with Crippen LogP contribution in [0.1, 0.15) is 78.4 Å². The van der Waals surface area contributed by atoms with E-state index < -0.39 is 0 Å². The number of amidine groups is 1. The number of benzene rings is 1. The lowest BCUT2D eigenvalue weighted by molar-refractivity contribution is 0.315. The maximum absolute atomic E-state index is 4.84. The number of hydrogen-bond acceptors (Lipinski definition) is 1. The molecule has 2 rings (SSSR count). The number of aliphatic imine (C=N–C) groups is 1. The zero-order valence-electron chi connectivity index (χ0n) is 18.3. The molecule has 27 heavy (non-hydrogen) atoms. The van der Waals surface area contributed by atoms with Gasteiger partial charge in [0.15, 0.2) is 0 Å². The van der Waals surface area contributed by atoms with Crippen LogP contribution in [0, 0.1) is 5.41 Å². The van der Waals surface area contributed by atoms with Crippen molar-refractivity contribution in [2.75, 3.05) is 13.1 Å². The summed E-state index contributed by atoms with van der Waals surface area (Å²) in [5, 5.41) is 0. The highest BCUT2D eigenvalue weighted by molar-refractivity contribution is 5.96. The van der Waals surface area contributed by atoms with E-state index in [0.29, 0.717) is 5.41 Å². The molecule has 1 aliphatic heterocycles. The number of allylic oxidation sites excluding steroid dienone is 1.